The zero-order chi connectivity index (χ0) is 16.0. The van der Waals surface area contributed by atoms with E-state index in [0.29, 0.717) is 5.75 Å². The summed E-state index contributed by atoms with van der Waals surface area (Å²) in [5.74, 6) is -0.239. The van der Waals surface area contributed by atoms with Crippen LogP contribution in [-0.4, -0.2) is 28.6 Å². The number of ether oxygens (including phenoxy) is 2. The first-order chi connectivity index (χ1) is 9.80. The van der Waals surface area contributed by atoms with Crippen LogP contribution in [0.2, 0.25) is 0 Å². The van der Waals surface area contributed by atoms with Gasteiger partial charge in [0.2, 0.25) is 0 Å². The van der Waals surface area contributed by atoms with Crippen molar-refractivity contribution in [3.05, 3.63) is 36.0 Å². The molecule has 0 aliphatic carbocycles. The highest BCUT2D eigenvalue weighted by Crippen LogP contribution is 2.17. The molecule has 1 aromatic carbocycles. The number of rotatable bonds is 6. The lowest BCUT2D eigenvalue weighted by atomic mass is 10.1. The van der Waals surface area contributed by atoms with E-state index in [2.05, 4.69) is 9.46 Å². The highest BCUT2D eigenvalue weighted by Gasteiger charge is 2.18. The molecule has 0 atom stereocenters. The number of hydrogen-bond acceptors (Lipinski definition) is 5. The number of carbonyl (C=O) groups is 1. The Hall–Kier alpha value is -2.02. The molecule has 116 valence electrons. The number of carbonyl (C=O) groups excluding carboxylic acids is 1. The zero-order valence-corrected chi connectivity index (χ0v) is 13.2. The van der Waals surface area contributed by atoms with Gasteiger partial charge < -0.3 is 9.47 Å². The van der Waals surface area contributed by atoms with Gasteiger partial charge in [-0.1, -0.05) is 13.8 Å². The molecule has 0 aliphatic rings. The fourth-order valence-corrected chi connectivity index (χ4v) is 2.69. The molecule has 0 fully saturated rings. The summed E-state index contributed by atoms with van der Waals surface area (Å²) >= 11 is 0. The SMILES string of the molecule is COC(=O)/C=C(\NS(=O)(=O)c1ccc(OC)cc1)C(C)C. The van der Waals surface area contributed by atoms with Crippen molar-refractivity contribution in [1.82, 2.24) is 4.72 Å². The first-order valence-corrected chi connectivity index (χ1v) is 7.75. The Morgan fingerprint density at radius 3 is 2.19 bits per heavy atom. The van der Waals surface area contributed by atoms with Crippen molar-refractivity contribution in [1.29, 1.82) is 0 Å². The van der Waals surface area contributed by atoms with Crippen LogP contribution in [0, 0.1) is 5.92 Å². The van der Waals surface area contributed by atoms with Gasteiger partial charge in [0.25, 0.3) is 10.0 Å². The van der Waals surface area contributed by atoms with Crippen LogP contribution in [0.15, 0.2) is 40.9 Å². The van der Waals surface area contributed by atoms with Crippen molar-refractivity contribution < 1.29 is 22.7 Å². The summed E-state index contributed by atoms with van der Waals surface area (Å²) in [5.41, 5.74) is 0.262. The van der Waals surface area contributed by atoms with E-state index in [-0.39, 0.29) is 16.5 Å². The molecule has 0 heterocycles. The summed E-state index contributed by atoms with van der Waals surface area (Å²) in [6, 6.07) is 5.95. The van der Waals surface area contributed by atoms with Gasteiger partial charge in [0.05, 0.1) is 19.1 Å². The number of sulfonamides is 1. The van der Waals surface area contributed by atoms with Crippen LogP contribution in [0.1, 0.15) is 13.8 Å². The van der Waals surface area contributed by atoms with E-state index in [1.807, 2.05) is 0 Å². The third-order valence-electron chi connectivity index (χ3n) is 2.72. The first-order valence-electron chi connectivity index (χ1n) is 6.26. The molecule has 0 bridgehead atoms. The molecule has 0 spiro atoms. The third-order valence-corrected chi connectivity index (χ3v) is 4.12. The molecule has 0 unspecified atom stereocenters. The predicted octanol–water partition coefficient (Wildman–Crippen LogP) is 1.69. The molecule has 0 saturated heterocycles. The largest absolute Gasteiger partial charge is 0.497 e. The fraction of sp³-hybridized carbons (Fsp3) is 0.357. The summed E-state index contributed by atoms with van der Waals surface area (Å²) in [6.45, 7) is 3.54. The Balaban J connectivity index is 3.05. The molecule has 1 aromatic rings. The average Bonchev–Trinajstić information content (AvgIpc) is 2.46. The summed E-state index contributed by atoms with van der Waals surface area (Å²) < 4.78 is 36.4. The maximum absolute atomic E-state index is 12.3. The smallest absolute Gasteiger partial charge is 0.332 e. The lowest BCUT2D eigenvalue weighted by Crippen LogP contribution is -2.26. The molecule has 1 N–H and O–H groups in total. The first kappa shape index (κ1) is 17.0. The maximum atomic E-state index is 12.3. The van der Waals surface area contributed by atoms with E-state index in [0.717, 1.165) is 6.08 Å². The Morgan fingerprint density at radius 2 is 1.76 bits per heavy atom. The number of benzene rings is 1. The van der Waals surface area contributed by atoms with Crippen LogP contribution in [0.3, 0.4) is 0 Å². The van der Waals surface area contributed by atoms with Crippen LogP contribution in [-0.2, 0) is 19.6 Å². The van der Waals surface area contributed by atoms with E-state index in [4.69, 9.17) is 4.74 Å². The summed E-state index contributed by atoms with van der Waals surface area (Å²) in [6.07, 6.45) is 1.13. The van der Waals surface area contributed by atoms with E-state index in [1.54, 1.807) is 26.0 Å². The van der Waals surface area contributed by atoms with Gasteiger partial charge in [-0.15, -0.1) is 0 Å². The van der Waals surface area contributed by atoms with Crippen molar-refractivity contribution in [2.45, 2.75) is 18.7 Å². The molecule has 21 heavy (non-hydrogen) atoms. The average molecular weight is 313 g/mol. The van der Waals surface area contributed by atoms with E-state index in [1.165, 1.54) is 26.4 Å². The fourth-order valence-electron chi connectivity index (χ4n) is 1.47. The van der Waals surface area contributed by atoms with Crippen molar-refractivity contribution in [2.24, 2.45) is 5.92 Å². The molecule has 0 radical (unpaired) electrons. The lowest BCUT2D eigenvalue weighted by Gasteiger charge is -2.14. The number of hydrogen-bond donors (Lipinski definition) is 1. The van der Waals surface area contributed by atoms with Gasteiger partial charge in [-0.25, -0.2) is 13.2 Å². The molecule has 0 aliphatic heterocycles. The van der Waals surface area contributed by atoms with E-state index in [9.17, 15) is 13.2 Å². The van der Waals surface area contributed by atoms with Crippen LogP contribution in [0.4, 0.5) is 0 Å². The number of methoxy groups -OCH3 is 2. The standard InChI is InChI=1S/C14H19NO5S/c1-10(2)13(9-14(16)20-4)15-21(17,18)12-7-5-11(19-3)6-8-12/h5-10,15H,1-4H3/b13-9-. The summed E-state index contributed by atoms with van der Waals surface area (Å²) in [4.78, 5) is 11.4. The second kappa shape index (κ2) is 7.12. The normalized spacial score (nSPS) is 12.1. The molecule has 0 amide bonds. The monoisotopic (exact) mass is 313 g/mol. The van der Waals surface area contributed by atoms with Crippen molar-refractivity contribution >= 4 is 16.0 Å². The minimum absolute atomic E-state index is 0.0831. The van der Waals surface area contributed by atoms with Crippen LogP contribution >= 0.6 is 0 Å². The van der Waals surface area contributed by atoms with Gasteiger partial charge in [-0.3, -0.25) is 4.72 Å². The summed E-state index contributed by atoms with van der Waals surface area (Å²) in [7, 11) is -1.04. The molecular formula is C14H19NO5S. The van der Waals surface area contributed by atoms with Crippen LogP contribution in [0.25, 0.3) is 0 Å². The Labute approximate surface area is 124 Å². The molecule has 0 aromatic heterocycles. The Morgan fingerprint density at radius 1 is 1.19 bits per heavy atom. The van der Waals surface area contributed by atoms with Crippen molar-refractivity contribution in [3.63, 3.8) is 0 Å². The van der Waals surface area contributed by atoms with E-state index >= 15 is 0 Å². The number of nitrogens with one attached hydrogen (secondary N) is 1. The van der Waals surface area contributed by atoms with Gasteiger partial charge >= 0.3 is 5.97 Å². The highest BCUT2D eigenvalue weighted by molar-refractivity contribution is 7.89. The summed E-state index contributed by atoms with van der Waals surface area (Å²) in [5, 5.41) is 0. The third kappa shape index (κ3) is 4.78. The second-order valence-corrected chi connectivity index (χ2v) is 6.24. The van der Waals surface area contributed by atoms with Gasteiger partial charge in [-0.05, 0) is 30.2 Å². The quantitative estimate of drug-likeness (QED) is 0.638. The molecular weight excluding hydrogens is 294 g/mol. The van der Waals surface area contributed by atoms with Crippen LogP contribution < -0.4 is 9.46 Å². The van der Waals surface area contributed by atoms with Gasteiger partial charge in [-0.2, -0.15) is 0 Å². The van der Waals surface area contributed by atoms with Crippen LogP contribution in [0.5, 0.6) is 5.75 Å². The highest BCUT2D eigenvalue weighted by atomic mass is 32.2. The Bertz CT molecular complexity index is 617. The second-order valence-electron chi connectivity index (χ2n) is 4.56. The molecule has 7 heteroatoms. The number of esters is 1. The molecule has 0 saturated carbocycles. The minimum atomic E-state index is -3.76. The van der Waals surface area contributed by atoms with E-state index < -0.39 is 16.0 Å². The molecule has 1 rings (SSSR count). The topological polar surface area (TPSA) is 81.7 Å². The predicted molar refractivity (Wildman–Crippen MR) is 78.3 cm³/mol. The lowest BCUT2D eigenvalue weighted by molar-refractivity contribution is -0.134. The van der Waals surface area contributed by atoms with Crippen molar-refractivity contribution in [2.75, 3.05) is 14.2 Å². The van der Waals surface area contributed by atoms with Gasteiger partial charge in [0.15, 0.2) is 0 Å². The zero-order valence-electron chi connectivity index (χ0n) is 12.4. The number of allylic oxidation sites excluding steroid dienone is 1. The van der Waals surface area contributed by atoms with Gasteiger partial charge in [0, 0.05) is 11.8 Å². The molecule has 6 nitrogen and oxygen atoms in total. The van der Waals surface area contributed by atoms with Crippen molar-refractivity contribution in [3.8, 4) is 5.75 Å². The Kier molecular flexibility index (Phi) is 5.78. The maximum Gasteiger partial charge on any atom is 0.332 e. The minimum Gasteiger partial charge on any atom is -0.497 e. The van der Waals surface area contributed by atoms with Gasteiger partial charge in [0.1, 0.15) is 5.75 Å².